The first kappa shape index (κ1) is 20.3. The number of rotatable bonds is 12. The summed E-state index contributed by atoms with van der Waals surface area (Å²) in [6.45, 7) is 15.0. The maximum Gasteiger partial charge on any atom is 0.0786 e. The van der Waals surface area contributed by atoms with Gasteiger partial charge in [0.2, 0.25) is 0 Å². The van der Waals surface area contributed by atoms with Gasteiger partial charge in [0.1, 0.15) is 0 Å². The lowest BCUT2D eigenvalue weighted by atomic mass is 10.1. The first-order chi connectivity index (χ1) is 8.24. The predicted molar refractivity (Wildman–Crippen MR) is 86.1 cm³/mol. The van der Waals surface area contributed by atoms with Crippen molar-refractivity contribution in [3.8, 4) is 0 Å². The highest BCUT2D eigenvalue weighted by Crippen LogP contribution is 2.16. The third-order valence-electron chi connectivity index (χ3n) is 3.94. The van der Waals surface area contributed by atoms with Crippen LogP contribution in [0, 0.1) is 0 Å². The Bertz CT molecular complexity index is 116. The maximum absolute atomic E-state index is 2.33. The Hall–Kier alpha value is -0.0400. The van der Waals surface area contributed by atoms with E-state index in [0.29, 0.717) is 0 Å². The van der Waals surface area contributed by atoms with E-state index in [-0.39, 0.29) is 7.43 Å². The van der Waals surface area contributed by atoms with Gasteiger partial charge < -0.3 is 4.48 Å². The summed E-state index contributed by atoms with van der Waals surface area (Å²) in [6.07, 6.45) is 11.1. The van der Waals surface area contributed by atoms with E-state index >= 15 is 0 Å². The van der Waals surface area contributed by atoms with Crippen LogP contribution in [0.25, 0.3) is 0 Å². The van der Waals surface area contributed by atoms with E-state index in [4.69, 9.17) is 0 Å². The van der Waals surface area contributed by atoms with Gasteiger partial charge in [0.05, 0.1) is 26.2 Å². The Labute approximate surface area is 118 Å². The Morgan fingerprint density at radius 1 is 0.500 bits per heavy atom. The molecular formula is C17H40N+. The van der Waals surface area contributed by atoms with E-state index in [1.807, 2.05) is 0 Å². The summed E-state index contributed by atoms with van der Waals surface area (Å²) in [7, 11) is 0. The van der Waals surface area contributed by atoms with Gasteiger partial charge in [0.25, 0.3) is 0 Å². The lowest BCUT2D eigenvalue weighted by Crippen LogP contribution is -2.50. The van der Waals surface area contributed by atoms with Gasteiger partial charge in [0, 0.05) is 0 Å². The summed E-state index contributed by atoms with van der Waals surface area (Å²) in [5.41, 5.74) is 0. The third-order valence-corrected chi connectivity index (χ3v) is 3.94. The van der Waals surface area contributed by atoms with E-state index in [2.05, 4.69) is 27.7 Å². The van der Waals surface area contributed by atoms with Crippen LogP contribution in [0.1, 0.15) is 86.5 Å². The number of nitrogens with zero attached hydrogens (tertiary/aromatic N) is 1. The smallest absolute Gasteiger partial charge is 0.0786 e. The Kier molecular flexibility index (Phi) is 15.1. The minimum absolute atomic E-state index is 0. The molecule has 0 radical (unpaired) electrons. The molecule has 0 aliphatic heterocycles. The van der Waals surface area contributed by atoms with Crippen molar-refractivity contribution in [1.82, 2.24) is 0 Å². The minimum Gasteiger partial charge on any atom is -0.324 e. The quantitative estimate of drug-likeness (QED) is 0.397. The fourth-order valence-electron chi connectivity index (χ4n) is 2.64. The van der Waals surface area contributed by atoms with Crippen molar-refractivity contribution >= 4 is 0 Å². The topological polar surface area (TPSA) is 0 Å². The summed E-state index contributed by atoms with van der Waals surface area (Å²) >= 11 is 0. The zero-order valence-corrected chi connectivity index (χ0v) is 12.9. The molecule has 0 aliphatic rings. The lowest BCUT2D eigenvalue weighted by Gasteiger charge is -2.39. The number of unbranched alkanes of at least 4 members (excludes halogenated alkanes) is 4. The molecule has 0 aromatic carbocycles. The van der Waals surface area contributed by atoms with E-state index in [0.717, 1.165) is 0 Å². The minimum atomic E-state index is 0. The molecule has 112 valence electrons. The van der Waals surface area contributed by atoms with Crippen LogP contribution >= 0.6 is 0 Å². The molecule has 0 saturated heterocycles. The normalized spacial score (nSPS) is 11.3. The number of hydrogen-bond acceptors (Lipinski definition) is 0. The third kappa shape index (κ3) is 8.97. The summed E-state index contributed by atoms with van der Waals surface area (Å²) in [5.74, 6) is 0. The highest BCUT2D eigenvalue weighted by Gasteiger charge is 2.24. The molecule has 0 heterocycles. The van der Waals surface area contributed by atoms with Gasteiger partial charge in [-0.2, -0.15) is 0 Å². The summed E-state index contributed by atoms with van der Waals surface area (Å²) in [5, 5.41) is 0. The van der Waals surface area contributed by atoms with E-state index < -0.39 is 0 Å². The molecule has 0 aromatic rings. The van der Waals surface area contributed by atoms with Gasteiger partial charge in [-0.25, -0.2) is 0 Å². The average Bonchev–Trinajstić information content (AvgIpc) is 2.37. The maximum atomic E-state index is 2.33. The van der Waals surface area contributed by atoms with Crippen molar-refractivity contribution in [2.75, 3.05) is 26.2 Å². The average molecular weight is 259 g/mol. The van der Waals surface area contributed by atoms with Crippen LogP contribution in [-0.2, 0) is 0 Å². The standard InChI is InChI=1S/C16H36N.CH4/c1-5-9-13-17(14-10-6-2,15-11-7-3)16-12-8-4;/h5-16H2,1-4H3;1H4/q+1;. The molecule has 0 spiro atoms. The second-order valence-electron chi connectivity index (χ2n) is 5.65. The van der Waals surface area contributed by atoms with Crippen LogP contribution in [0.4, 0.5) is 0 Å². The Morgan fingerprint density at radius 2 is 0.722 bits per heavy atom. The van der Waals surface area contributed by atoms with Crippen molar-refractivity contribution in [2.45, 2.75) is 86.5 Å². The summed E-state index contributed by atoms with van der Waals surface area (Å²) in [6, 6.07) is 0. The monoisotopic (exact) mass is 258 g/mol. The van der Waals surface area contributed by atoms with Gasteiger partial charge in [-0.3, -0.25) is 0 Å². The zero-order chi connectivity index (χ0) is 13.0. The molecule has 0 aliphatic carbocycles. The van der Waals surface area contributed by atoms with E-state index in [9.17, 15) is 0 Å². The highest BCUT2D eigenvalue weighted by atomic mass is 15.3. The molecule has 1 heteroatoms. The molecule has 0 fully saturated rings. The van der Waals surface area contributed by atoms with Crippen LogP contribution in [0.5, 0.6) is 0 Å². The fourth-order valence-corrected chi connectivity index (χ4v) is 2.64. The SMILES string of the molecule is C.CCCC[N+](CCCC)(CCCC)CCCC. The van der Waals surface area contributed by atoms with Crippen LogP contribution < -0.4 is 0 Å². The van der Waals surface area contributed by atoms with Gasteiger partial charge in [-0.05, 0) is 25.7 Å². The number of quaternary nitrogens is 1. The van der Waals surface area contributed by atoms with Crippen LogP contribution in [0.3, 0.4) is 0 Å². The summed E-state index contributed by atoms with van der Waals surface area (Å²) in [4.78, 5) is 0. The largest absolute Gasteiger partial charge is 0.324 e. The second kappa shape index (κ2) is 13.4. The van der Waals surface area contributed by atoms with Gasteiger partial charge in [-0.15, -0.1) is 0 Å². The molecule has 0 atom stereocenters. The molecule has 0 unspecified atom stereocenters. The zero-order valence-electron chi connectivity index (χ0n) is 12.9. The fraction of sp³-hybridized carbons (Fsp3) is 1.00. The molecule has 18 heavy (non-hydrogen) atoms. The molecule has 0 aromatic heterocycles. The van der Waals surface area contributed by atoms with Crippen LogP contribution in [0.2, 0.25) is 0 Å². The van der Waals surface area contributed by atoms with Crippen molar-refractivity contribution in [3.05, 3.63) is 0 Å². The molecule has 1 nitrogen and oxygen atoms in total. The van der Waals surface area contributed by atoms with Gasteiger partial charge in [0.15, 0.2) is 0 Å². The predicted octanol–water partition coefficient (Wildman–Crippen LogP) is 5.64. The van der Waals surface area contributed by atoms with Crippen molar-refractivity contribution in [3.63, 3.8) is 0 Å². The van der Waals surface area contributed by atoms with Crippen LogP contribution in [0.15, 0.2) is 0 Å². The Balaban J connectivity index is 0. The van der Waals surface area contributed by atoms with Crippen molar-refractivity contribution in [1.29, 1.82) is 0 Å². The van der Waals surface area contributed by atoms with Gasteiger partial charge >= 0.3 is 0 Å². The van der Waals surface area contributed by atoms with E-state index in [1.54, 1.807) is 0 Å². The van der Waals surface area contributed by atoms with Crippen LogP contribution in [-0.4, -0.2) is 30.7 Å². The lowest BCUT2D eigenvalue weighted by molar-refractivity contribution is -0.929. The first-order valence-electron chi connectivity index (χ1n) is 8.09. The van der Waals surface area contributed by atoms with Gasteiger partial charge in [-0.1, -0.05) is 60.8 Å². The van der Waals surface area contributed by atoms with Crippen molar-refractivity contribution in [2.24, 2.45) is 0 Å². The highest BCUT2D eigenvalue weighted by molar-refractivity contribution is 4.49. The molecule has 0 rings (SSSR count). The molecular weight excluding hydrogens is 218 g/mol. The van der Waals surface area contributed by atoms with E-state index in [1.165, 1.54) is 82.0 Å². The molecule has 0 N–H and O–H groups in total. The summed E-state index contributed by atoms with van der Waals surface area (Å²) < 4.78 is 1.42. The van der Waals surface area contributed by atoms with Crippen molar-refractivity contribution < 1.29 is 4.48 Å². The second-order valence-corrected chi connectivity index (χ2v) is 5.65. The molecule has 0 amide bonds. The first-order valence-corrected chi connectivity index (χ1v) is 8.09. The Morgan fingerprint density at radius 3 is 0.889 bits per heavy atom. The molecule has 0 bridgehead atoms. The number of hydrogen-bond donors (Lipinski definition) is 0. The molecule has 0 saturated carbocycles.